The number of anilines is 1. The molecule has 0 unspecified atom stereocenters. The molecule has 1 aromatic heterocycles. The van der Waals surface area contributed by atoms with Crippen LogP contribution in [-0.4, -0.2) is 23.2 Å². The summed E-state index contributed by atoms with van der Waals surface area (Å²) in [6.45, 7) is 3.66. The van der Waals surface area contributed by atoms with Crippen LogP contribution in [0, 0.1) is 12.8 Å². The number of hydrogen-bond acceptors (Lipinski definition) is 4. The number of benzene rings is 1. The Labute approximate surface area is 142 Å². The lowest BCUT2D eigenvalue weighted by molar-refractivity contribution is 0.122. The highest BCUT2D eigenvalue weighted by molar-refractivity contribution is 6.31. The quantitative estimate of drug-likeness (QED) is 0.777. The number of hydrogen-bond donors (Lipinski definition) is 1. The topological polar surface area (TPSA) is 61.0 Å². The summed E-state index contributed by atoms with van der Waals surface area (Å²) in [7, 11) is 0. The van der Waals surface area contributed by atoms with Crippen LogP contribution in [0.2, 0.25) is 5.02 Å². The largest absolute Gasteiger partial charge is 0.381 e. The zero-order valence-electron chi connectivity index (χ0n) is 13.4. The zero-order valence-corrected chi connectivity index (χ0v) is 14.1. The van der Waals surface area contributed by atoms with Crippen molar-refractivity contribution >= 4 is 17.5 Å². The minimum atomic E-state index is 0.302. The molecular weight excluding hydrogens is 310 g/mol. The molecule has 2 aromatic rings. The predicted molar refractivity (Wildman–Crippen MR) is 93.5 cm³/mol. The molecule has 23 heavy (non-hydrogen) atoms. The normalized spacial score (nSPS) is 14.2. The van der Waals surface area contributed by atoms with Gasteiger partial charge in [0.2, 0.25) is 5.95 Å². The smallest absolute Gasteiger partial charge is 0.220 e. The van der Waals surface area contributed by atoms with Gasteiger partial charge in [-0.25, -0.2) is 9.97 Å². The van der Waals surface area contributed by atoms with E-state index in [1.807, 2.05) is 31.2 Å². The number of ether oxygens (including phenoxy) is 1. The summed E-state index contributed by atoms with van der Waals surface area (Å²) in [5, 5.41) is 0.731. The van der Waals surface area contributed by atoms with Gasteiger partial charge in [-0.2, -0.15) is 0 Å². The maximum atomic E-state index is 6.20. The van der Waals surface area contributed by atoms with E-state index < -0.39 is 0 Å². The predicted octanol–water partition coefficient (Wildman–Crippen LogP) is 4.05. The highest BCUT2D eigenvalue weighted by atomic mass is 35.5. The second-order valence-electron chi connectivity index (χ2n) is 6.14. The van der Waals surface area contributed by atoms with Crippen molar-refractivity contribution in [2.45, 2.75) is 32.6 Å². The Hall–Kier alpha value is -1.65. The molecule has 0 aliphatic heterocycles. The summed E-state index contributed by atoms with van der Waals surface area (Å²) in [6.07, 6.45) is 4.43. The molecule has 1 saturated carbocycles. The molecule has 0 atom stereocenters. The number of rotatable bonds is 7. The van der Waals surface area contributed by atoms with E-state index in [4.69, 9.17) is 22.1 Å². The van der Waals surface area contributed by atoms with E-state index in [9.17, 15) is 0 Å². The van der Waals surface area contributed by atoms with Crippen LogP contribution in [0.5, 0.6) is 0 Å². The van der Waals surface area contributed by atoms with Crippen LogP contribution in [0.15, 0.2) is 24.3 Å². The monoisotopic (exact) mass is 331 g/mol. The number of aromatic nitrogens is 2. The summed E-state index contributed by atoms with van der Waals surface area (Å²) in [6, 6.07) is 7.80. The highest BCUT2D eigenvalue weighted by Crippen LogP contribution is 2.29. The van der Waals surface area contributed by atoms with Crippen LogP contribution in [0.4, 0.5) is 5.95 Å². The molecule has 1 aliphatic carbocycles. The first-order chi connectivity index (χ1) is 11.1. The van der Waals surface area contributed by atoms with Gasteiger partial charge in [-0.1, -0.05) is 23.7 Å². The molecule has 0 amide bonds. The molecule has 1 heterocycles. The molecule has 4 nitrogen and oxygen atoms in total. The SMILES string of the molecule is Cc1c(Cl)cccc1-c1cc(CCCOCC2CC2)nc(N)n1. The van der Waals surface area contributed by atoms with Gasteiger partial charge in [-0.15, -0.1) is 0 Å². The molecule has 0 spiro atoms. The molecular formula is C18H22ClN3O. The fourth-order valence-corrected chi connectivity index (χ4v) is 2.73. The van der Waals surface area contributed by atoms with Crippen molar-refractivity contribution in [3.63, 3.8) is 0 Å². The third kappa shape index (κ3) is 4.43. The molecule has 5 heteroatoms. The average Bonchev–Trinajstić information content (AvgIpc) is 3.33. The van der Waals surface area contributed by atoms with E-state index in [0.717, 1.165) is 59.5 Å². The molecule has 1 aromatic carbocycles. The van der Waals surface area contributed by atoms with Crippen molar-refractivity contribution in [3.05, 3.63) is 40.5 Å². The first kappa shape index (κ1) is 16.2. The van der Waals surface area contributed by atoms with E-state index in [2.05, 4.69) is 9.97 Å². The van der Waals surface area contributed by atoms with Gasteiger partial charge in [-0.05, 0) is 56.2 Å². The van der Waals surface area contributed by atoms with Crippen LogP contribution in [-0.2, 0) is 11.2 Å². The van der Waals surface area contributed by atoms with Gasteiger partial charge < -0.3 is 10.5 Å². The van der Waals surface area contributed by atoms with Crippen molar-refractivity contribution in [2.75, 3.05) is 18.9 Å². The molecule has 0 saturated heterocycles. The fraction of sp³-hybridized carbons (Fsp3) is 0.444. The van der Waals surface area contributed by atoms with E-state index in [0.29, 0.717) is 5.95 Å². The van der Waals surface area contributed by atoms with E-state index in [-0.39, 0.29) is 0 Å². The maximum absolute atomic E-state index is 6.20. The van der Waals surface area contributed by atoms with Crippen molar-refractivity contribution in [1.29, 1.82) is 0 Å². The number of aryl methyl sites for hydroxylation is 1. The fourth-order valence-electron chi connectivity index (χ4n) is 2.56. The second-order valence-corrected chi connectivity index (χ2v) is 6.54. The molecule has 0 bridgehead atoms. The second kappa shape index (κ2) is 7.28. The van der Waals surface area contributed by atoms with E-state index in [1.54, 1.807) is 0 Å². The Bertz CT molecular complexity index is 686. The molecule has 0 radical (unpaired) electrons. The lowest BCUT2D eigenvalue weighted by Gasteiger charge is -2.09. The van der Waals surface area contributed by atoms with Crippen molar-refractivity contribution in [1.82, 2.24) is 9.97 Å². The van der Waals surface area contributed by atoms with Gasteiger partial charge in [0.1, 0.15) is 0 Å². The van der Waals surface area contributed by atoms with Crippen LogP contribution < -0.4 is 5.73 Å². The zero-order chi connectivity index (χ0) is 16.2. The maximum Gasteiger partial charge on any atom is 0.220 e. The summed E-state index contributed by atoms with van der Waals surface area (Å²) in [5.74, 6) is 1.11. The average molecular weight is 332 g/mol. The summed E-state index contributed by atoms with van der Waals surface area (Å²) in [5.41, 5.74) is 9.65. The molecule has 1 fully saturated rings. The first-order valence-corrected chi connectivity index (χ1v) is 8.48. The van der Waals surface area contributed by atoms with Crippen molar-refractivity contribution < 1.29 is 4.74 Å². The minimum Gasteiger partial charge on any atom is -0.381 e. The highest BCUT2D eigenvalue weighted by Gasteiger charge is 2.20. The molecule has 122 valence electrons. The summed E-state index contributed by atoms with van der Waals surface area (Å²) >= 11 is 6.20. The number of nitrogens with zero attached hydrogens (tertiary/aromatic N) is 2. The lowest BCUT2D eigenvalue weighted by atomic mass is 10.0. The molecule has 3 rings (SSSR count). The van der Waals surface area contributed by atoms with Gasteiger partial charge in [0.25, 0.3) is 0 Å². The van der Waals surface area contributed by atoms with Crippen LogP contribution in [0.25, 0.3) is 11.3 Å². The molecule has 1 aliphatic rings. The standard InChI is InChI=1S/C18H22ClN3O/c1-12-15(5-2-6-16(12)19)17-10-14(21-18(20)22-17)4-3-9-23-11-13-7-8-13/h2,5-6,10,13H,3-4,7-9,11H2,1H3,(H2,20,21,22). The minimum absolute atomic E-state index is 0.302. The van der Waals surface area contributed by atoms with Crippen LogP contribution >= 0.6 is 11.6 Å². The number of nitrogen functional groups attached to an aromatic ring is 1. The third-order valence-corrected chi connectivity index (χ3v) is 4.52. The Morgan fingerprint density at radius 1 is 1.30 bits per heavy atom. The van der Waals surface area contributed by atoms with Gasteiger partial charge in [0.05, 0.1) is 5.69 Å². The molecule has 2 N–H and O–H groups in total. The Morgan fingerprint density at radius 2 is 2.13 bits per heavy atom. The van der Waals surface area contributed by atoms with Crippen molar-refractivity contribution in [3.8, 4) is 11.3 Å². The van der Waals surface area contributed by atoms with Gasteiger partial charge in [0.15, 0.2) is 0 Å². The summed E-state index contributed by atoms with van der Waals surface area (Å²) in [4.78, 5) is 8.69. The van der Waals surface area contributed by atoms with Crippen molar-refractivity contribution in [2.24, 2.45) is 5.92 Å². The van der Waals surface area contributed by atoms with Gasteiger partial charge >= 0.3 is 0 Å². The first-order valence-electron chi connectivity index (χ1n) is 8.10. The van der Waals surface area contributed by atoms with Gasteiger partial charge in [-0.3, -0.25) is 0 Å². The van der Waals surface area contributed by atoms with E-state index >= 15 is 0 Å². The van der Waals surface area contributed by atoms with Gasteiger partial charge in [0, 0.05) is 29.5 Å². The van der Waals surface area contributed by atoms with Crippen LogP contribution in [0.3, 0.4) is 0 Å². The van der Waals surface area contributed by atoms with E-state index in [1.165, 1.54) is 12.8 Å². The lowest BCUT2D eigenvalue weighted by Crippen LogP contribution is -2.04. The third-order valence-electron chi connectivity index (χ3n) is 4.11. The number of nitrogens with two attached hydrogens (primary N) is 1. The number of halogens is 1. The summed E-state index contributed by atoms with van der Waals surface area (Å²) < 4.78 is 5.67. The van der Waals surface area contributed by atoms with Crippen LogP contribution in [0.1, 0.15) is 30.5 Å². The Balaban J connectivity index is 1.67. The Kier molecular flexibility index (Phi) is 5.13. The Morgan fingerprint density at radius 3 is 2.91 bits per heavy atom.